The predicted octanol–water partition coefficient (Wildman–Crippen LogP) is 5.58. The summed E-state index contributed by atoms with van der Waals surface area (Å²) < 4.78 is 1.10. The molecule has 0 fully saturated rings. The third-order valence-electron chi connectivity index (χ3n) is 3.96. The molecule has 2 aromatic heterocycles. The number of thiophene rings is 1. The number of hydrogen-bond donors (Lipinski definition) is 1. The number of carbonyl (C=O) groups excluding carboxylic acids is 1. The Hall–Kier alpha value is -3.36. The van der Waals surface area contributed by atoms with Gasteiger partial charge in [-0.25, -0.2) is 4.98 Å². The molecule has 4 rings (SSSR count). The molecule has 0 spiro atoms. The second-order valence-corrected chi connectivity index (χ2v) is 7.77. The zero-order valence-electron chi connectivity index (χ0n) is 14.4. The summed E-state index contributed by atoms with van der Waals surface area (Å²) in [5, 5.41) is 17.1. The number of nitrogens with zero attached hydrogens (tertiary/aromatic N) is 2. The summed E-state index contributed by atoms with van der Waals surface area (Å²) in [6.45, 7) is 0. The van der Waals surface area contributed by atoms with Crippen molar-refractivity contribution < 1.29 is 9.72 Å². The predicted molar refractivity (Wildman–Crippen MR) is 114 cm³/mol. The maximum atomic E-state index is 12.3. The molecule has 0 aliphatic rings. The Balaban J connectivity index is 1.49. The summed E-state index contributed by atoms with van der Waals surface area (Å²) in [6.07, 6.45) is 3.02. The first-order valence-corrected chi connectivity index (χ1v) is 9.97. The van der Waals surface area contributed by atoms with E-state index >= 15 is 0 Å². The first-order valence-electron chi connectivity index (χ1n) is 8.27. The molecule has 0 saturated carbocycles. The van der Waals surface area contributed by atoms with Crippen LogP contribution in [0, 0.1) is 10.1 Å². The van der Waals surface area contributed by atoms with Crippen LogP contribution in [0.3, 0.4) is 0 Å². The molecule has 0 radical (unpaired) electrons. The minimum Gasteiger partial charge on any atom is -0.314 e. The average Bonchev–Trinajstić information content (AvgIpc) is 3.33. The maximum Gasteiger partial charge on any atom is 0.269 e. The number of non-ortho nitro benzene ring substituents is 1. The van der Waals surface area contributed by atoms with Crippen molar-refractivity contribution in [1.29, 1.82) is 0 Å². The molecule has 0 unspecified atom stereocenters. The zero-order valence-corrected chi connectivity index (χ0v) is 16.0. The number of carbonyl (C=O) groups is 1. The van der Waals surface area contributed by atoms with E-state index in [1.807, 2.05) is 35.7 Å². The molecule has 1 N–H and O–H groups in total. The van der Waals surface area contributed by atoms with Crippen LogP contribution in [0.2, 0.25) is 0 Å². The lowest BCUT2D eigenvalue weighted by molar-refractivity contribution is -0.384. The standard InChI is InChI=1S/C20H13N3O3S2/c24-18(10-7-13-5-8-14(9-6-13)23(25)26)22-19-15(11-12-27-19)20-21-16-3-1-2-4-17(16)28-20/h1-12H,(H,22,24)/b10-7+. The van der Waals surface area contributed by atoms with Crippen molar-refractivity contribution in [2.45, 2.75) is 0 Å². The lowest BCUT2D eigenvalue weighted by Gasteiger charge is -2.01. The van der Waals surface area contributed by atoms with Crippen molar-refractivity contribution in [3.63, 3.8) is 0 Å². The largest absolute Gasteiger partial charge is 0.314 e. The Morgan fingerprint density at radius 3 is 2.64 bits per heavy atom. The van der Waals surface area contributed by atoms with Crippen molar-refractivity contribution in [2.75, 3.05) is 5.32 Å². The molecule has 2 aromatic carbocycles. The van der Waals surface area contributed by atoms with Crippen molar-refractivity contribution >= 4 is 55.6 Å². The monoisotopic (exact) mass is 407 g/mol. The Bertz CT molecular complexity index is 1160. The number of rotatable bonds is 5. The van der Waals surface area contributed by atoms with Crippen molar-refractivity contribution in [3.8, 4) is 10.6 Å². The molecule has 6 nitrogen and oxygen atoms in total. The molecule has 28 heavy (non-hydrogen) atoms. The molecule has 0 saturated heterocycles. The van der Waals surface area contributed by atoms with Gasteiger partial charge >= 0.3 is 0 Å². The van der Waals surface area contributed by atoms with Crippen LogP contribution in [-0.4, -0.2) is 15.8 Å². The SMILES string of the molecule is O=C(/C=C/c1ccc([N+](=O)[O-])cc1)Nc1sccc1-c1nc2ccccc2s1. The van der Waals surface area contributed by atoms with Crippen LogP contribution in [0.15, 0.2) is 66.1 Å². The molecule has 0 aliphatic carbocycles. The second kappa shape index (κ2) is 7.71. The van der Waals surface area contributed by atoms with E-state index in [9.17, 15) is 14.9 Å². The molecule has 8 heteroatoms. The highest BCUT2D eigenvalue weighted by molar-refractivity contribution is 7.22. The van der Waals surface area contributed by atoms with Gasteiger partial charge < -0.3 is 5.32 Å². The number of aromatic nitrogens is 1. The third-order valence-corrected chi connectivity index (χ3v) is 5.86. The molecular formula is C20H13N3O3S2. The third kappa shape index (κ3) is 3.83. The highest BCUT2D eigenvalue weighted by atomic mass is 32.1. The first kappa shape index (κ1) is 18.0. The lowest BCUT2D eigenvalue weighted by atomic mass is 10.2. The number of nitrogens with one attached hydrogen (secondary N) is 1. The quantitative estimate of drug-likeness (QED) is 0.266. The lowest BCUT2D eigenvalue weighted by Crippen LogP contribution is -2.07. The number of para-hydroxylation sites is 1. The van der Waals surface area contributed by atoms with E-state index in [1.165, 1.54) is 29.5 Å². The van der Waals surface area contributed by atoms with Crippen LogP contribution < -0.4 is 5.32 Å². The molecule has 0 bridgehead atoms. The van der Waals surface area contributed by atoms with Gasteiger partial charge in [-0.05, 0) is 47.4 Å². The van der Waals surface area contributed by atoms with Gasteiger partial charge in [-0.1, -0.05) is 12.1 Å². The Morgan fingerprint density at radius 1 is 1.11 bits per heavy atom. The fourth-order valence-electron chi connectivity index (χ4n) is 2.59. The molecule has 138 valence electrons. The molecule has 0 atom stereocenters. The highest BCUT2D eigenvalue weighted by Crippen LogP contribution is 2.37. The maximum absolute atomic E-state index is 12.3. The molecule has 2 heterocycles. The highest BCUT2D eigenvalue weighted by Gasteiger charge is 2.13. The summed E-state index contributed by atoms with van der Waals surface area (Å²) in [5.74, 6) is -0.275. The van der Waals surface area contributed by atoms with Crippen LogP contribution in [-0.2, 0) is 4.79 Å². The molecule has 1 amide bonds. The molecular weight excluding hydrogens is 394 g/mol. The Kier molecular flexibility index (Phi) is 4.96. The van der Waals surface area contributed by atoms with Gasteiger partial charge in [0.2, 0.25) is 5.91 Å². The number of amides is 1. The number of fused-ring (bicyclic) bond motifs is 1. The summed E-state index contributed by atoms with van der Waals surface area (Å²) >= 11 is 3.02. The smallest absolute Gasteiger partial charge is 0.269 e. The summed E-state index contributed by atoms with van der Waals surface area (Å²) in [6, 6.07) is 15.9. The number of nitro benzene ring substituents is 1. The fourth-order valence-corrected chi connectivity index (χ4v) is 4.45. The summed E-state index contributed by atoms with van der Waals surface area (Å²) in [7, 11) is 0. The van der Waals surface area contributed by atoms with Crippen molar-refractivity contribution in [3.05, 3.63) is 81.7 Å². The Labute approximate surface area is 167 Å². The van der Waals surface area contributed by atoms with E-state index in [2.05, 4.69) is 10.3 Å². The molecule has 0 aliphatic heterocycles. The van der Waals surface area contributed by atoms with Gasteiger partial charge in [0, 0.05) is 23.8 Å². The van der Waals surface area contributed by atoms with E-state index in [-0.39, 0.29) is 11.6 Å². The van der Waals surface area contributed by atoms with E-state index in [1.54, 1.807) is 29.5 Å². The van der Waals surface area contributed by atoms with Gasteiger partial charge in [-0.3, -0.25) is 14.9 Å². The van der Waals surface area contributed by atoms with Crippen LogP contribution in [0.1, 0.15) is 5.56 Å². The van der Waals surface area contributed by atoms with Gasteiger partial charge in [0.05, 0.1) is 15.1 Å². The van der Waals surface area contributed by atoms with Gasteiger partial charge in [0.15, 0.2) is 0 Å². The zero-order chi connectivity index (χ0) is 19.5. The van der Waals surface area contributed by atoms with Gasteiger partial charge in [0.25, 0.3) is 5.69 Å². The first-order chi connectivity index (χ1) is 13.6. The van der Waals surface area contributed by atoms with Crippen LogP contribution >= 0.6 is 22.7 Å². The minimum atomic E-state index is -0.458. The minimum absolute atomic E-state index is 0.0145. The number of thiazole rings is 1. The fraction of sp³-hybridized carbons (Fsp3) is 0. The second-order valence-electron chi connectivity index (χ2n) is 5.82. The van der Waals surface area contributed by atoms with E-state index < -0.39 is 4.92 Å². The van der Waals surface area contributed by atoms with Gasteiger partial charge in [-0.15, -0.1) is 22.7 Å². The summed E-state index contributed by atoms with van der Waals surface area (Å²) in [4.78, 5) is 27.2. The van der Waals surface area contributed by atoms with Crippen LogP contribution in [0.4, 0.5) is 10.7 Å². The van der Waals surface area contributed by atoms with Crippen molar-refractivity contribution in [2.24, 2.45) is 0 Å². The number of hydrogen-bond acceptors (Lipinski definition) is 6. The van der Waals surface area contributed by atoms with E-state index in [0.717, 1.165) is 25.8 Å². The van der Waals surface area contributed by atoms with E-state index in [0.29, 0.717) is 5.56 Å². The normalized spacial score (nSPS) is 11.1. The number of anilines is 1. The van der Waals surface area contributed by atoms with Crippen LogP contribution in [0.5, 0.6) is 0 Å². The van der Waals surface area contributed by atoms with Crippen molar-refractivity contribution in [1.82, 2.24) is 4.98 Å². The average molecular weight is 407 g/mol. The molecule has 4 aromatic rings. The van der Waals surface area contributed by atoms with E-state index in [4.69, 9.17) is 0 Å². The summed E-state index contributed by atoms with van der Waals surface area (Å²) in [5.41, 5.74) is 2.55. The van der Waals surface area contributed by atoms with Crippen LogP contribution in [0.25, 0.3) is 26.9 Å². The topological polar surface area (TPSA) is 85.1 Å². The number of benzene rings is 2. The number of nitro groups is 1. The Morgan fingerprint density at radius 2 is 1.89 bits per heavy atom. The van der Waals surface area contributed by atoms with Gasteiger partial charge in [-0.2, -0.15) is 0 Å². The van der Waals surface area contributed by atoms with Gasteiger partial charge in [0.1, 0.15) is 10.0 Å².